The number of nitrogens with zero attached hydrogens (tertiary/aromatic N) is 4. The van der Waals surface area contributed by atoms with Crippen LogP contribution >= 0.6 is 0 Å². The molecule has 10 heteroatoms. The molecule has 1 N–H and O–H groups in total. The van der Waals surface area contributed by atoms with Crippen molar-refractivity contribution in [3.05, 3.63) is 63.2 Å². The number of hydrogen-bond donors (Lipinski definition) is 1. The number of alkyl halides is 3. The lowest BCUT2D eigenvalue weighted by atomic mass is 10.0. The van der Waals surface area contributed by atoms with Gasteiger partial charge in [-0.2, -0.15) is 13.2 Å². The summed E-state index contributed by atoms with van der Waals surface area (Å²) in [7, 11) is 0. The molecule has 0 aliphatic heterocycles. The molecule has 7 nitrogen and oxygen atoms in total. The Balaban J connectivity index is 1.97. The van der Waals surface area contributed by atoms with Gasteiger partial charge < -0.3 is 15.0 Å². The van der Waals surface area contributed by atoms with Gasteiger partial charge in [0.2, 0.25) is 5.88 Å². The fourth-order valence-electron chi connectivity index (χ4n) is 3.16. The van der Waals surface area contributed by atoms with Crippen LogP contribution in [0.5, 0.6) is 5.88 Å². The Morgan fingerprint density at radius 3 is 2.53 bits per heavy atom. The third-order valence-corrected chi connectivity index (χ3v) is 4.83. The molecule has 0 amide bonds. The molecular formula is C24H27F3N5O2-. The zero-order valence-electron chi connectivity index (χ0n) is 19.3. The fourth-order valence-corrected chi connectivity index (χ4v) is 3.16. The van der Waals surface area contributed by atoms with Crippen LogP contribution in [0, 0.1) is 5.92 Å². The number of nitrogens with one attached hydrogen (secondary N) is 1. The minimum absolute atomic E-state index is 0.106. The van der Waals surface area contributed by atoms with Crippen LogP contribution < -0.4 is 10.3 Å². The second-order valence-electron chi connectivity index (χ2n) is 8.27. The first-order chi connectivity index (χ1) is 16.2. The molecule has 0 aliphatic carbocycles. The Morgan fingerprint density at radius 2 is 1.88 bits per heavy atom. The van der Waals surface area contributed by atoms with Crippen LogP contribution in [0.25, 0.3) is 28.1 Å². The van der Waals surface area contributed by atoms with Crippen molar-refractivity contribution in [2.45, 2.75) is 46.3 Å². The van der Waals surface area contributed by atoms with Gasteiger partial charge in [-0.15, -0.1) is 23.3 Å². The van der Waals surface area contributed by atoms with Gasteiger partial charge >= 0.3 is 6.18 Å². The average molecular weight is 475 g/mol. The first-order valence-electron chi connectivity index (χ1n) is 11.1. The highest BCUT2D eigenvalue weighted by Crippen LogP contribution is 2.37. The van der Waals surface area contributed by atoms with Crippen LogP contribution in [0.2, 0.25) is 0 Å². The number of aromatic nitrogens is 4. The minimum atomic E-state index is -4.63. The molecular weight excluding hydrogens is 447 g/mol. The normalized spacial score (nSPS) is 11.7. The molecule has 0 spiro atoms. The van der Waals surface area contributed by atoms with E-state index in [1.54, 1.807) is 12.1 Å². The molecule has 3 rings (SSSR count). The van der Waals surface area contributed by atoms with Gasteiger partial charge in [0.15, 0.2) is 0 Å². The second-order valence-corrected chi connectivity index (χ2v) is 8.27. The summed E-state index contributed by atoms with van der Waals surface area (Å²) in [5, 5.41) is 12.4. The Labute approximate surface area is 195 Å². The predicted molar refractivity (Wildman–Crippen MR) is 123 cm³/mol. The van der Waals surface area contributed by atoms with Crippen molar-refractivity contribution < 1.29 is 17.9 Å². The molecule has 0 bridgehead atoms. The van der Waals surface area contributed by atoms with Gasteiger partial charge in [-0.3, -0.25) is 4.79 Å². The monoisotopic (exact) mass is 474 g/mol. The Bertz CT molecular complexity index is 1140. The zero-order valence-corrected chi connectivity index (χ0v) is 19.3. The molecule has 182 valence electrons. The maximum absolute atomic E-state index is 13.7. The highest BCUT2D eigenvalue weighted by atomic mass is 19.4. The van der Waals surface area contributed by atoms with Gasteiger partial charge in [0.25, 0.3) is 5.56 Å². The predicted octanol–water partition coefficient (Wildman–Crippen LogP) is 5.62. The van der Waals surface area contributed by atoms with E-state index in [0.717, 1.165) is 18.9 Å². The van der Waals surface area contributed by atoms with Gasteiger partial charge in [-0.1, -0.05) is 44.7 Å². The second kappa shape index (κ2) is 11.2. The fraction of sp³-hybridized carbons (Fsp3) is 0.417. The summed E-state index contributed by atoms with van der Waals surface area (Å²) in [6, 6.07) is 8.06. The first kappa shape index (κ1) is 25.4. The largest absolute Gasteiger partial charge is 0.658 e. The van der Waals surface area contributed by atoms with Crippen molar-refractivity contribution >= 4 is 0 Å². The SMILES string of the molecule is CCCCOc1ccc(-c2cc(=O)[nH]c(-c3cc(C[N-]CC(C)C)ccc3C(F)(F)F)n2)nn1. The van der Waals surface area contributed by atoms with Gasteiger partial charge in [0, 0.05) is 17.7 Å². The van der Waals surface area contributed by atoms with E-state index in [-0.39, 0.29) is 29.3 Å². The Hall–Kier alpha value is -3.27. The number of H-pyrrole nitrogens is 1. The first-order valence-corrected chi connectivity index (χ1v) is 11.1. The van der Waals surface area contributed by atoms with Crippen LogP contribution in [0.3, 0.4) is 0 Å². The molecule has 0 saturated heterocycles. The van der Waals surface area contributed by atoms with E-state index in [2.05, 4.69) is 25.5 Å². The lowest BCUT2D eigenvalue weighted by molar-refractivity contribution is -0.137. The van der Waals surface area contributed by atoms with Gasteiger partial charge in [-0.05, 0) is 24.6 Å². The highest BCUT2D eigenvalue weighted by Gasteiger charge is 2.34. The number of unbranched alkanes of at least 4 members (excludes halogenated alkanes) is 1. The topological polar surface area (TPSA) is 94.9 Å². The Kier molecular flexibility index (Phi) is 8.38. The van der Waals surface area contributed by atoms with E-state index in [0.29, 0.717) is 30.5 Å². The van der Waals surface area contributed by atoms with E-state index in [1.807, 2.05) is 20.8 Å². The molecule has 0 saturated carbocycles. The molecule has 0 aliphatic rings. The van der Waals surface area contributed by atoms with Crippen molar-refractivity contribution in [3.8, 4) is 28.7 Å². The van der Waals surface area contributed by atoms with Crippen LogP contribution in [0.4, 0.5) is 13.2 Å². The highest BCUT2D eigenvalue weighted by molar-refractivity contribution is 5.65. The number of aromatic amines is 1. The third-order valence-electron chi connectivity index (χ3n) is 4.83. The van der Waals surface area contributed by atoms with Crippen LogP contribution in [0.15, 0.2) is 41.2 Å². The maximum atomic E-state index is 13.7. The Morgan fingerprint density at radius 1 is 1.09 bits per heavy atom. The average Bonchev–Trinajstić information content (AvgIpc) is 2.78. The lowest BCUT2D eigenvalue weighted by Crippen LogP contribution is -2.13. The van der Waals surface area contributed by atoms with Crippen molar-refractivity contribution in [2.24, 2.45) is 5.92 Å². The van der Waals surface area contributed by atoms with E-state index in [1.165, 1.54) is 18.2 Å². The van der Waals surface area contributed by atoms with E-state index in [9.17, 15) is 18.0 Å². The summed E-state index contributed by atoms with van der Waals surface area (Å²) in [4.78, 5) is 19.0. The number of ether oxygens (including phenoxy) is 1. The molecule has 0 fully saturated rings. The van der Waals surface area contributed by atoms with Gasteiger partial charge in [-0.25, -0.2) is 4.98 Å². The van der Waals surface area contributed by atoms with Gasteiger partial charge in [0.05, 0.1) is 17.9 Å². The molecule has 1 aromatic carbocycles. The summed E-state index contributed by atoms with van der Waals surface area (Å²) in [5.74, 6) is 0.457. The number of hydrogen-bond acceptors (Lipinski definition) is 5. The number of benzene rings is 1. The summed E-state index contributed by atoms with van der Waals surface area (Å²) in [6.07, 6.45) is -2.79. The van der Waals surface area contributed by atoms with Crippen molar-refractivity contribution in [2.75, 3.05) is 13.2 Å². The van der Waals surface area contributed by atoms with Crippen molar-refractivity contribution in [1.82, 2.24) is 20.2 Å². The smallest absolute Gasteiger partial charge is 0.417 e. The van der Waals surface area contributed by atoms with Gasteiger partial charge in [0.1, 0.15) is 11.5 Å². The summed E-state index contributed by atoms with van der Waals surface area (Å²) < 4.78 is 46.7. The van der Waals surface area contributed by atoms with E-state index in [4.69, 9.17) is 4.74 Å². The van der Waals surface area contributed by atoms with E-state index < -0.39 is 17.3 Å². The standard InChI is InChI=1S/C24H27F3N5O2/c1-4-5-10-34-22-9-8-19(31-32-22)20-12-21(33)30-23(29-20)17-11-16(14-28-13-15(2)3)6-7-18(17)24(25,26)27/h6-9,11-12,15H,4-5,10,13-14H2,1-3H3,(H,29,30,33)/q-1. The number of halogens is 3. The molecule has 34 heavy (non-hydrogen) atoms. The quantitative estimate of drug-likeness (QED) is 0.385. The van der Waals surface area contributed by atoms with Crippen molar-refractivity contribution in [3.63, 3.8) is 0 Å². The maximum Gasteiger partial charge on any atom is 0.417 e. The van der Waals surface area contributed by atoms with E-state index >= 15 is 0 Å². The van der Waals surface area contributed by atoms with Crippen LogP contribution in [0.1, 0.15) is 44.7 Å². The van der Waals surface area contributed by atoms with Crippen LogP contribution in [-0.2, 0) is 12.7 Å². The third kappa shape index (κ3) is 6.86. The zero-order chi connectivity index (χ0) is 24.7. The number of rotatable bonds is 10. The molecule has 0 radical (unpaired) electrons. The molecule has 0 unspecified atom stereocenters. The summed E-state index contributed by atoms with van der Waals surface area (Å²) >= 11 is 0. The molecule has 0 atom stereocenters. The lowest BCUT2D eigenvalue weighted by Gasteiger charge is -2.22. The van der Waals surface area contributed by atoms with Crippen LogP contribution in [-0.4, -0.2) is 33.3 Å². The molecule has 2 heterocycles. The molecule has 2 aromatic heterocycles. The summed E-state index contributed by atoms with van der Waals surface area (Å²) in [6.45, 7) is 7.41. The summed E-state index contributed by atoms with van der Waals surface area (Å²) in [5.41, 5.74) is -0.790. The molecule has 3 aromatic rings. The minimum Gasteiger partial charge on any atom is -0.658 e. The van der Waals surface area contributed by atoms with Crippen molar-refractivity contribution in [1.29, 1.82) is 0 Å².